The van der Waals surface area contributed by atoms with Crippen molar-refractivity contribution in [2.75, 3.05) is 32.8 Å². The summed E-state index contributed by atoms with van der Waals surface area (Å²) in [6.45, 7) is 8.89. The van der Waals surface area contributed by atoms with Crippen LogP contribution in [0.1, 0.15) is 33.6 Å². The van der Waals surface area contributed by atoms with Crippen molar-refractivity contribution < 1.29 is 19.1 Å². The largest absolute Gasteiger partial charge is 0.350 e. The van der Waals surface area contributed by atoms with E-state index in [1.54, 1.807) is 0 Å². The summed E-state index contributed by atoms with van der Waals surface area (Å²) in [5.41, 5.74) is 0. The van der Waals surface area contributed by atoms with Crippen LogP contribution >= 0.6 is 0 Å². The van der Waals surface area contributed by atoms with Gasteiger partial charge in [-0.3, -0.25) is 14.5 Å². The molecule has 2 fully saturated rings. The van der Waals surface area contributed by atoms with Crippen LogP contribution < -0.4 is 5.32 Å². The minimum absolute atomic E-state index is 0.0117. The van der Waals surface area contributed by atoms with Gasteiger partial charge in [-0.25, -0.2) is 0 Å². The van der Waals surface area contributed by atoms with Crippen LogP contribution in [0.5, 0.6) is 0 Å². The van der Waals surface area contributed by atoms with E-state index in [0.717, 1.165) is 25.9 Å². The number of Topliss-reactive ketones (excluding diaryl/α,β-unsaturated/α-hetero) is 1. The SMILES string of the molecule is CC(=O)C(NC(=O)CN1CCC(C2OCCO2)CC1)C(C)C. The first kappa shape index (κ1) is 17.4. The molecule has 2 aliphatic heterocycles. The predicted molar refractivity (Wildman–Crippen MR) is 82.3 cm³/mol. The van der Waals surface area contributed by atoms with Gasteiger partial charge in [0.1, 0.15) is 0 Å². The van der Waals surface area contributed by atoms with Crippen LogP contribution in [0.15, 0.2) is 0 Å². The molecule has 0 aromatic heterocycles. The third-order valence-corrected chi connectivity index (χ3v) is 4.45. The number of piperidine rings is 1. The lowest BCUT2D eigenvalue weighted by Crippen LogP contribution is -2.49. The van der Waals surface area contributed by atoms with Gasteiger partial charge in [-0.2, -0.15) is 0 Å². The first-order valence-electron chi connectivity index (χ1n) is 8.22. The van der Waals surface area contributed by atoms with Gasteiger partial charge in [-0.05, 0) is 38.8 Å². The third-order valence-electron chi connectivity index (χ3n) is 4.45. The third kappa shape index (κ3) is 4.76. The van der Waals surface area contributed by atoms with E-state index in [4.69, 9.17) is 9.47 Å². The molecule has 1 atom stereocenters. The zero-order valence-corrected chi connectivity index (χ0v) is 13.8. The maximum atomic E-state index is 12.1. The summed E-state index contributed by atoms with van der Waals surface area (Å²) < 4.78 is 11.1. The van der Waals surface area contributed by atoms with Crippen molar-refractivity contribution in [1.29, 1.82) is 0 Å². The van der Waals surface area contributed by atoms with Crippen LogP contribution in [0.25, 0.3) is 0 Å². The number of carbonyl (C=O) groups excluding carboxylic acids is 2. The van der Waals surface area contributed by atoms with E-state index in [1.807, 2.05) is 13.8 Å². The van der Waals surface area contributed by atoms with Gasteiger partial charge in [0.25, 0.3) is 0 Å². The van der Waals surface area contributed by atoms with Crippen molar-refractivity contribution >= 4 is 11.7 Å². The van der Waals surface area contributed by atoms with Gasteiger partial charge in [0, 0.05) is 5.92 Å². The molecule has 126 valence electrons. The molecule has 2 aliphatic rings. The highest BCUT2D eigenvalue weighted by atomic mass is 16.7. The summed E-state index contributed by atoms with van der Waals surface area (Å²) in [4.78, 5) is 25.8. The summed E-state index contributed by atoms with van der Waals surface area (Å²) in [5.74, 6) is 0.490. The standard InChI is InChI=1S/C16H28N2O4/c1-11(2)15(12(3)19)17-14(20)10-18-6-4-13(5-7-18)16-21-8-9-22-16/h11,13,15-16H,4-10H2,1-3H3,(H,17,20). The average molecular weight is 312 g/mol. The lowest BCUT2D eigenvalue weighted by molar-refractivity contribution is -0.129. The molecule has 0 saturated carbocycles. The van der Waals surface area contributed by atoms with Gasteiger partial charge < -0.3 is 14.8 Å². The quantitative estimate of drug-likeness (QED) is 0.786. The molecule has 22 heavy (non-hydrogen) atoms. The molecule has 1 unspecified atom stereocenters. The maximum absolute atomic E-state index is 12.1. The van der Waals surface area contributed by atoms with E-state index in [-0.39, 0.29) is 29.9 Å². The van der Waals surface area contributed by atoms with Gasteiger partial charge in [-0.1, -0.05) is 13.8 Å². The molecule has 0 radical (unpaired) electrons. The molecule has 6 nitrogen and oxygen atoms in total. The first-order chi connectivity index (χ1) is 10.5. The number of amides is 1. The number of likely N-dealkylation sites (tertiary alicyclic amines) is 1. The number of rotatable bonds is 6. The van der Waals surface area contributed by atoms with Crippen LogP contribution in [-0.4, -0.2) is 61.8 Å². The minimum Gasteiger partial charge on any atom is -0.350 e. The van der Waals surface area contributed by atoms with Crippen molar-refractivity contribution in [2.24, 2.45) is 11.8 Å². The van der Waals surface area contributed by atoms with E-state index >= 15 is 0 Å². The minimum atomic E-state index is -0.384. The van der Waals surface area contributed by atoms with E-state index in [0.29, 0.717) is 25.7 Å². The molecule has 1 amide bonds. The van der Waals surface area contributed by atoms with Crippen LogP contribution in [0, 0.1) is 11.8 Å². The lowest BCUT2D eigenvalue weighted by atomic mass is 9.96. The van der Waals surface area contributed by atoms with E-state index in [2.05, 4.69) is 10.2 Å². The smallest absolute Gasteiger partial charge is 0.234 e. The van der Waals surface area contributed by atoms with Crippen molar-refractivity contribution in [1.82, 2.24) is 10.2 Å². The summed E-state index contributed by atoms with van der Waals surface area (Å²) in [7, 11) is 0. The summed E-state index contributed by atoms with van der Waals surface area (Å²) in [5, 5.41) is 2.85. The molecule has 0 aromatic rings. The van der Waals surface area contributed by atoms with Crippen LogP contribution in [-0.2, 0) is 19.1 Å². The molecular formula is C16H28N2O4. The number of hydrogen-bond donors (Lipinski definition) is 1. The molecule has 0 spiro atoms. The number of nitrogens with one attached hydrogen (secondary N) is 1. The second kappa shape index (κ2) is 8.04. The average Bonchev–Trinajstić information content (AvgIpc) is 2.99. The second-order valence-corrected chi connectivity index (χ2v) is 6.62. The Labute approximate surface area is 132 Å². The number of ketones is 1. The van der Waals surface area contributed by atoms with Gasteiger partial charge in [0.2, 0.25) is 5.91 Å². The Morgan fingerprint density at radius 2 is 1.77 bits per heavy atom. The summed E-state index contributed by atoms with van der Waals surface area (Å²) in [6.07, 6.45) is 1.91. The molecule has 0 aromatic carbocycles. The van der Waals surface area contributed by atoms with Crippen LogP contribution in [0.4, 0.5) is 0 Å². The van der Waals surface area contributed by atoms with Crippen LogP contribution in [0.2, 0.25) is 0 Å². The van der Waals surface area contributed by atoms with Gasteiger partial charge in [0.05, 0.1) is 25.8 Å². The number of hydrogen-bond acceptors (Lipinski definition) is 5. The Balaban J connectivity index is 1.73. The van der Waals surface area contributed by atoms with E-state index < -0.39 is 0 Å². The molecule has 6 heteroatoms. The Kier molecular flexibility index (Phi) is 6.35. The monoisotopic (exact) mass is 312 g/mol. The maximum Gasteiger partial charge on any atom is 0.234 e. The van der Waals surface area contributed by atoms with Crippen molar-refractivity contribution in [3.63, 3.8) is 0 Å². The summed E-state index contributed by atoms with van der Waals surface area (Å²) >= 11 is 0. The van der Waals surface area contributed by atoms with Crippen LogP contribution in [0.3, 0.4) is 0 Å². The Hall–Kier alpha value is -0.980. The fourth-order valence-corrected chi connectivity index (χ4v) is 3.19. The molecule has 0 bridgehead atoms. The van der Waals surface area contributed by atoms with Gasteiger partial charge in [0.15, 0.2) is 12.1 Å². The molecule has 0 aliphatic carbocycles. The Bertz CT molecular complexity index is 386. The summed E-state index contributed by atoms with van der Waals surface area (Å²) in [6, 6.07) is -0.384. The highest BCUT2D eigenvalue weighted by molar-refractivity contribution is 5.88. The van der Waals surface area contributed by atoms with Gasteiger partial charge in [-0.15, -0.1) is 0 Å². The van der Waals surface area contributed by atoms with E-state index in [9.17, 15) is 9.59 Å². The molecular weight excluding hydrogens is 284 g/mol. The topological polar surface area (TPSA) is 67.9 Å². The highest BCUT2D eigenvalue weighted by Crippen LogP contribution is 2.25. The van der Waals surface area contributed by atoms with E-state index in [1.165, 1.54) is 6.92 Å². The first-order valence-corrected chi connectivity index (χ1v) is 8.22. The second-order valence-electron chi connectivity index (χ2n) is 6.62. The Morgan fingerprint density at radius 1 is 1.18 bits per heavy atom. The fraction of sp³-hybridized carbons (Fsp3) is 0.875. The van der Waals surface area contributed by atoms with Crippen molar-refractivity contribution in [3.05, 3.63) is 0 Å². The molecule has 2 rings (SSSR count). The molecule has 2 heterocycles. The van der Waals surface area contributed by atoms with Crippen molar-refractivity contribution in [2.45, 2.75) is 45.9 Å². The number of carbonyl (C=O) groups is 2. The zero-order chi connectivity index (χ0) is 16.1. The molecule has 2 saturated heterocycles. The normalized spacial score (nSPS) is 22.9. The van der Waals surface area contributed by atoms with Crippen molar-refractivity contribution in [3.8, 4) is 0 Å². The number of ether oxygens (including phenoxy) is 2. The van der Waals surface area contributed by atoms with Gasteiger partial charge >= 0.3 is 0 Å². The highest BCUT2D eigenvalue weighted by Gasteiger charge is 2.31. The molecule has 1 N–H and O–H groups in total. The fourth-order valence-electron chi connectivity index (χ4n) is 3.19. The predicted octanol–water partition coefficient (Wildman–Crippen LogP) is 0.801. The zero-order valence-electron chi connectivity index (χ0n) is 13.8. The Morgan fingerprint density at radius 3 is 2.27 bits per heavy atom. The number of nitrogens with zero attached hydrogens (tertiary/aromatic N) is 1. The lowest BCUT2D eigenvalue weighted by Gasteiger charge is -2.33.